The van der Waals surface area contributed by atoms with Gasteiger partial charge in [-0.25, -0.2) is 0 Å². The van der Waals surface area contributed by atoms with Gasteiger partial charge in [0, 0.05) is 27.7 Å². The Balaban J connectivity index is 0.938. The van der Waals surface area contributed by atoms with Crippen LogP contribution in [0.1, 0.15) is 34.7 Å². The first-order valence-electron chi connectivity index (χ1n) is 23.5. The van der Waals surface area contributed by atoms with Gasteiger partial charge < -0.3 is 9.32 Å². The van der Waals surface area contributed by atoms with E-state index in [1.165, 1.54) is 83.1 Å². The lowest BCUT2D eigenvalue weighted by molar-refractivity contribution is 0.669. The Morgan fingerprint density at radius 1 is 0.426 bits per heavy atom. The molecule has 11 aromatic rings. The molecule has 10 aromatic carbocycles. The molecule has 3 aliphatic carbocycles. The average Bonchev–Trinajstić information content (AvgIpc) is 4.11. The van der Waals surface area contributed by atoms with Gasteiger partial charge in [0.05, 0.1) is 11.1 Å². The number of nitrogens with zero attached hydrogens (tertiary/aromatic N) is 1. The maximum atomic E-state index is 6.33. The van der Waals surface area contributed by atoms with Gasteiger partial charge in [0.2, 0.25) is 0 Å². The van der Waals surface area contributed by atoms with Crippen LogP contribution in [0.15, 0.2) is 235 Å². The number of hydrogen-bond acceptors (Lipinski definition) is 2. The quantitative estimate of drug-likeness (QED) is 0.166. The molecule has 0 N–H and O–H groups in total. The van der Waals surface area contributed by atoms with E-state index < -0.39 is 5.41 Å². The van der Waals surface area contributed by atoms with E-state index in [2.05, 4.69) is 237 Å². The fourth-order valence-electron chi connectivity index (χ4n) is 12.0. The largest absolute Gasteiger partial charge is 0.456 e. The monoisotopic (exact) mass is 865 g/mol. The van der Waals surface area contributed by atoms with Gasteiger partial charge in [-0.1, -0.05) is 183 Å². The molecule has 68 heavy (non-hydrogen) atoms. The molecule has 14 rings (SSSR count). The van der Waals surface area contributed by atoms with E-state index in [9.17, 15) is 0 Å². The van der Waals surface area contributed by atoms with Gasteiger partial charge in [-0.3, -0.25) is 0 Å². The Bertz CT molecular complexity index is 4010. The molecule has 0 fully saturated rings. The second-order valence-electron chi connectivity index (χ2n) is 18.3. The number of fused-ring (bicyclic) bond motifs is 16. The van der Waals surface area contributed by atoms with E-state index in [4.69, 9.17) is 4.42 Å². The number of hydrogen-bond donors (Lipinski definition) is 0. The Morgan fingerprint density at radius 3 is 1.68 bits per heavy atom. The molecule has 0 saturated carbocycles. The fraction of sp³-hybridized carbons (Fsp3) is 0.0303. The summed E-state index contributed by atoms with van der Waals surface area (Å²) in [6.45, 7) is 6.50. The van der Waals surface area contributed by atoms with Crippen LogP contribution in [0.25, 0.3) is 89.7 Å². The zero-order chi connectivity index (χ0) is 45.1. The third-order valence-corrected chi connectivity index (χ3v) is 14.9. The molecule has 0 atom stereocenters. The topological polar surface area (TPSA) is 16.4 Å². The lowest BCUT2D eigenvalue weighted by Crippen LogP contribution is -2.26. The van der Waals surface area contributed by atoms with Crippen LogP contribution in [-0.4, -0.2) is 0 Å². The lowest BCUT2D eigenvalue weighted by atomic mass is 9.70. The number of anilines is 3. The first-order chi connectivity index (χ1) is 33.6. The van der Waals surface area contributed by atoms with E-state index in [1.807, 2.05) is 12.1 Å². The second-order valence-corrected chi connectivity index (χ2v) is 18.3. The molecule has 1 aromatic heterocycles. The first-order valence-corrected chi connectivity index (χ1v) is 23.5. The zero-order valence-electron chi connectivity index (χ0n) is 37.5. The highest BCUT2D eigenvalue weighted by Gasteiger charge is 2.52. The van der Waals surface area contributed by atoms with Gasteiger partial charge in [-0.15, -0.1) is 0 Å². The van der Waals surface area contributed by atoms with Crippen molar-refractivity contribution < 1.29 is 4.42 Å². The molecular formula is C66H43NO. The number of rotatable bonds is 6. The van der Waals surface area contributed by atoms with Gasteiger partial charge in [0.25, 0.3) is 0 Å². The summed E-state index contributed by atoms with van der Waals surface area (Å²) < 4.78 is 6.33. The van der Waals surface area contributed by atoms with E-state index in [0.717, 1.165) is 55.3 Å². The van der Waals surface area contributed by atoms with Crippen LogP contribution >= 0.6 is 0 Å². The molecule has 1 spiro atoms. The maximum Gasteiger partial charge on any atom is 0.136 e. The number of para-hydroxylation sites is 1. The summed E-state index contributed by atoms with van der Waals surface area (Å²) in [4.78, 5) is 2.46. The minimum absolute atomic E-state index is 0.450. The van der Waals surface area contributed by atoms with Crippen molar-refractivity contribution in [3.8, 4) is 55.6 Å². The Morgan fingerprint density at radius 2 is 0.971 bits per heavy atom. The first kappa shape index (κ1) is 38.5. The molecular weight excluding hydrogens is 823 g/mol. The fourth-order valence-corrected chi connectivity index (χ4v) is 12.0. The second kappa shape index (κ2) is 14.6. The van der Waals surface area contributed by atoms with Crippen molar-refractivity contribution in [2.24, 2.45) is 0 Å². The minimum atomic E-state index is -0.450. The van der Waals surface area contributed by atoms with Gasteiger partial charge in [0.1, 0.15) is 11.2 Å². The highest BCUT2D eigenvalue weighted by molar-refractivity contribution is 6.06. The van der Waals surface area contributed by atoms with Crippen LogP contribution in [-0.2, 0) is 5.41 Å². The molecule has 0 bridgehead atoms. The molecule has 0 aliphatic heterocycles. The number of allylic oxidation sites excluding steroid dienone is 2. The third kappa shape index (κ3) is 5.34. The zero-order valence-corrected chi connectivity index (χ0v) is 37.5. The van der Waals surface area contributed by atoms with E-state index >= 15 is 0 Å². The van der Waals surface area contributed by atoms with Gasteiger partial charge in [-0.2, -0.15) is 0 Å². The molecule has 318 valence electrons. The molecule has 3 aliphatic rings. The highest BCUT2D eigenvalue weighted by Crippen LogP contribution is 2.64. The summed E-state index contributed by atoms with van der Waals surface area (Å²) in [6.07, 6.45) is 4.36. The summed E-state index contributed by atoms with van der Waals surface area (Å²) in [5.41, 5.74) is 24.7. The van der Waals surface area contributed by atoms with Crippen molar-refractivity contribution in [1.29, 1.82) is 0 Å². The van der Waals surface area contributed by atoms with Crippen LogP contribution in [0.3, 0.4) is 0 Å². The Kier molecular flexibility index (Phi) is 8.30. The Labute approximate surface area is 395 Å². The Hall–Kier alpha value is -8.72. The molecule has 1 heterocycles. The van der Waals surface area contributed by atoms with Crippen molar-refractivity contribution in [2.45, 2.75) is 12.3 Å². The van der Waals surface area contributed by atoms with Crippen molar-refractivity contribution in [3.63, 3.8) is 0 Å². The molecule has 0 saturated heterocycles. The maximum absolute atomic E-state index is 6.33. The van der Waals surface area contributed by atoms with Crippen LogP contribution < -0.4 is 15.3 Å². The van der Waals surface area contributed by atoms with Crippen LogP contribution in [0, 0.1) is 0 Å². The molecule has 0 radical (unpaired) electrons. The number of benzene rings is 10. The smallest absolute Gasteiger partial charge is 0.136 e. The summed E-state index contributed by atoms with van der Waals surface area (Å²) >= 11 is 0. The van der Waals surface area contributed by atoms with E-state index in [1.54, 1.807) is 0 Å². The van der Waals surface area contributed by atoms with Crippen LogP contribution in [0.2, 0.25) is 0 Å². The van der Waals surface area contributed by atoms with E-state index in [-0.39, 0.29) is 0 Å². The molecule has 0 amide bonds. The highest BCUT2D eigenvalue weighted by atomic mass is 16.3. The third-order valence-electron chi connectivity index (χ3n) is 14.9. The van der Waals surface area contributed by atoms with Crippen molar-refractivity contribution in [1.82, 2.24) is 0 Å². The summed E-state index contributed by atoms with van der Waals surface area (Å²) in [5.74, 6) is 0. The predicted octanol–water partition coefficient (Wildman–Crippen LogP) is 15.9. The van der Waals surface area contributed by atoms with Crippen LogP contribution in [0.5, 0.6) is 0 Å². The summed E-state index contributed by atoms with van der Waals surface area (Å²) in [6, 6.07) is 80.5. The molecule has 2 nitrogen and oxygen atoms in total. The van der Waals surface area contributed by atoms with Gasteiger partial charge in [-0.05, 0) is 155 Å². The standard InChI is InChI=1S/C66H43NO/c1-3-14-53-56-39-44(31-37-48(56)54-20-12-15-41(2)64(53)54)42-27-33-46(34-28-42)67(47-35-29-43(30-36-47)45-32-38-52-51-18-7-11-26-62(51)68-63(52)40-45)61-25-13-24-60-65(61)55-19-6-10-23-59(55)66(60)57-21-8-4-16-49(57)50-17-5-9-22-58(50)66/h3-40H,2H2,1H3/b14-3-. The van der Waals surface area contributed by atoms with Crippen molar-refractivity contribution in [3.05, 3.63) is 269 Å². The minimum Gasteiger partial charge on any atom is -0.456 e. The van der Waals surface area contributed by atoms with Crippen molar-refractivity contribution in [2.75, 3.05) is 4.90 Å². The summed E-state index contributed by atoms with van der Waals surface area (Å²) in [5, 5.41) is 4.56. The molecule has 2 heteroatoms. The average molecular weight is 866 g/mol. The lowest BCUT2D eigenvalue weighted by Gasteiger charge is -2.32. The van der Waals surface area contributed by atoms with Gasteiger partial charge >= 0.3 is 0 Å². The normalized spacial score (nSPS) is 13.5. The summed E-state index contributed by atoms with van der Waals surface area (Å²) in [7, 11) is 0. The van der Waals surface area contributed by atoms with E-state index in [0.29, 0.717) is 0 Å². The number of furan rings is 1. The van der Waals surface area contributed by atoms with Gasteiger partial charge in [0.15, 0.2) is 0 Å². The SMILES string of the molecule is C=c1cccc2c1=C(/C=C\C)c1cc(-c3ccc(N(c4ccc(-c5ccc6c(c5)oc5ccccc56)cc4)c4cccc5c4-c4ccccc4C54c5ccccc5-c5ccccc54)cc3)ccc1-2. The predicted molar refractivity (Wildman–Crippen MR) is 283 cm³/mol. The van der Waals surface area contributed by atoms with Crippen LogP contribution in [0.4, 0.5) is 17.1 Å². The van der Waals surface area contributed by atoms with Crippen molar-refractivity contribution >= 4 is 51.2 Å². The molecule has 0 unspecified atom stereocenters.